The molecule has 2 unspecified atom stereocenters. The summed E-state index contributed by atoms with van der Waals surface area (Å²) in [4.78, 5) is 45.3. The number of alkyl carbamates (subject to hydrolysis) is 2. The number of carboxylic acids is 1. The van der Waals surface area contributed by atoms with Crippen molar-refractivity contribution in [1.29, 1.82) is 0 Å². The van der Waals surface area contributed by atoms with E-state index in [-0.39, 0.29) is 24.0 Å². The van der Waals surface area contributed by atoms with Crippen molar-refractivity contribution < 1.29 is 33.8 Å². The van der Waals surface area contributed by atoms with Crippen LogP contribution in [0.15, 0.2) is 48.6 Å². The van der Waals surface area contributed by atoms with Gasteiger partial charge >= 0.3 is 18.2 Å². The molecule has 3 N–H and O–H groups in total. The summed E-state index contributed by atoms with van der Waals surface area (Å²) in [6.45, 7) is 12.6. The van der Waals surface area contributed by atoms with Crippen LogP contribution < -0.4 is 10.6 Å². The Morgan fingerprint density at radius 3 is 1.50 bits per heavy atom. The van der Waals surface area contributed by atoms with Crippen LogP contribution >= 0.6 is 0 Å². The Hall–Kier alpha value is -4.40. The average Bonchev–Trinajstić information content (AvgIpc) is 3.47. The quantitative estimate of drug-likeness (QED) is 0.300. The molecule has 9 nitrogen and oxygen atoms in total. The van der Waals surface area contributed by atoms with Crippen molar-refractivity contribution in [1.82, 2.24) is 10.6 Å². The highest BCUT2D eigenvalue weighted by molar-refractivity contribution is 5.91. The number of aryl methyl sites for hydroxylation is 2. The van der Waals surface area contributed by atoms with E-state index >= 15 is 0 Å². The Bertz CT molecular complexity index is 1330. The third-order valence-electron chi connectivity index (χ3n) is 6.80. The first-order chi connectivity index (χ1) is 20.5. The molecule has 0 bridgehead atoms. The van der Waals surface area contributed by atoms with E-state index in [2.05, 4.69) is 16.7 Å². The van der Waals surface area contributed by atoms with E-state index in [9.17, 15) is 19.2 Å². The minimum Gasteiger partial charge on any atom is -0.478 e. The van der Waals surface area contributed by atoms with Crippen LogP contribution in [0.4, 0.5) is 9.59 Å². The van der Waals surface area contributed by atoms with Crippen LogP contribution in [-0.2, 0) is 31.9 Å². The summed E-state index contributed by atoms with van der Waals surface area (Å²) in [6.07, 6.45) is 8.72. The SMILES string of the molecule is CC(=O)/C=C/c1ccc2c(c1)CCC2NC(=O)OC(C)(C)C.CC(C)(C)OC(=O)NC1CCc2cc(/C=C/C(=O)O)ccc21. The molecule has 0 heterocycles. The summed E-state index contributed by atoms with van der Waals surface area (Å²) >= 11 is 0. The highest BCUT2D eigenvalue weighted by Gasteiger charge is 2.27. The van der Waals surface area contributed by atoms with Crippen LogP contribution in [0.5, 0.6) is 0 Å². The summed E-state index contributed by atoms with van der Waals surface area (Å²) in [6, 6.07) is 11.8. The molecule has 2 aliphatic carbocycles. The molecule has 236 valence electrons. The first-order valence-corrected chi connectivity index (χ1v) is 14.8. The number of nitrogens with one attached hydrogen (secondary N) is 2. The van der Waals surface area contributed by atoms with Gasteiger partial charge in [0.25, 0.3) is 0 Å². The summed E-state index contributed by atoms with van der Waals surface area (Å²) in [5.41, 5.74) is 5.39. The van der Waals surface area contributed by atoms with Crippen LogP contribution in [0.1, 0.15) is 107 Å². The van der Waals surface area contributed by atoms with Gasteiger partial charge in [-0.2, -0.15) is 0 Å². The fraction of sp³-hybridized carbons (Fsp3) is 0.429. The number of allylic oxidation sites excluding steroid dienone is 1. The molecule has 0 radical (unpaired) electrons. The van der Waals surface area contributed by atoms with Crippen LogP contribution in [0.2, 0.25) is 0 Å². The Morgan fingerprint density at radius 1 is 0.727 bits per heavy atom. The van der Waals surface area contributed by atoms with Gasteiger partial charge in [0.2, 0.25) is 0 Å². The minimum absolute atomic E-state index is 0.00399. The molecule has 2 aromatic rings. The van der Waals surface area contributed by atoms with E-state index in [1.54, 1.807) is 12.2 Å². The summed E-state index contributed by atoms with van der Waals surface area (Å²) in [7, 11) is 0. The van der Waals surface area contributed by atoms with Crippen molar-refractivity contribution in [3.05, 3.63) is 81.9 Å². The van der Waals surface area contributed by atoms with Gasteiger partial charge in [-0.1, -0.05) is 42.5 Å². The van der Waals surface area contributed by atoms with E-state index in [0.29, 0.717) is 0 Å². The maximum atomic E-state index is 11.9. The largest absolute Gasteiger partial charge is 0.478 e. The van der Waals surface area contributed by atoms with Crippen LogP contribution in [0, 0.1) is 0 Å². The van der Waals surface area contributed by atoms with Crippen LogP contribution in [0.3, 0.4) is 0 Å². The molecule has 2 aliphatic rings. The molecule has 44 heavy (non-hydrogen) atoms. The van der Waals surface area contributed by atoms with Gasteiger partial charge in [-0.15, -0.1) is 0 Å². The fourth-order valence-electron chi connectivity index (χ4n) is 5.06. The van der Waals surface area contributed by atoms with Gasteiger partial charge in [0.15, 0.2) is 5.78 Å². The van der Waals surface area contributed by atoms with Crippen molar-refractivity contribution in [2.45, 2.75) is 97.4 Å². The number of amides is 2. The predicted molar refractivity (Wildman–Crippen MR) is 170 cm³/mol. The molecule has 0 fully saturated rings. The van der Waals surface area contributed by atoms with Gasteiger partial charge in [0.05, 0.1) is 12.1 Å². The van der Waals surface area contributed by atoms with Gasteiger partial charge in [0, 0.05) is 6.08 Å². The number of carboxylic acid groups (broad SMARTS) is 1. The number of benzene rings is 2. The van der Waals surface area contributed by atoms with E-state index in [4.69, 9.17) is 14.6 Å². The van der Waals surface area contributed by atoms with E-state index < -0.39 is 23.3 Å². The smallest absolute Gasteiger partial charge is 0.408 e. The van der Waals surface area contributed by atoms with Crippen molar-refractivity contribution >= 4 is 36.1 Å². The Kier molecular flexibility index (Phi) is 11.1. The molecule has 0 spiro atoms. The number of carbonyl (C=O) groups excluding carboxylic acids is 3. The van der Waals surface area contributed by atoms with E-state index in [1.807, 2.05) is 78.0 Å². The zero-order valence-corrected chi connectivity index (χ0v) is 26.7. The highest BCUT2D eigenvalue weighted by Crippen LogP contribution is 2.33. The van der Waals surface area contributed by atoms with Crippen molar-refractivity contribution in [2.75, 3.05) is 0 Å². The number of ether oxygens (including phenoxy) is 2. The first kappa shape index (κ1) is 34.1. The van der Waals surface area contributed by atoms with Gasteiger partial charge in [-0.3, -0.25) is 4.79 Å². The summed E-state index contributed by atoms with van der Waals surface area (Å²) < 4.78 is 10.6. The second-order valence-electron chi connectivity index (χ2n) is 13.0. The summed E-state index contributed by atoms with van der Waals surface area (Å²) in [5.74, 6) is -0.935. The van der Waals surface area contributed by atoms with Gasteiger partial charge in [-0.25, -0.2) is 14.4 Å². The maximum absolute atomic E-state index is 11.9. The fourth-order valence-corrected chi connectivity index (χ4v) is 5.06. The normalized spacial score (nSPS) is 17.3. The molecule has 0 aliphatic heterocycles. The van der Waals surface area contributed by atoms with E-state index in [1.165, 1.54) is 12.5 Å². The standard InChI is InChI=1S/C18H23NO3.C17H21NO4/c1-12(20)5-6-13-7-9-15-14(11-13)8-10-16(15)19-17(21)22-18(2,3)4;1-17(2,3)22-16(21)18-14-8-6-12-10-11(4-7-13(12)14)5-9-15(19)20/h5-7,9,11,16H,8,10H2,1-4H3,(H,19,21);4-5,7,9-10,14H,6,8H2,1-3H3,(H,18,21)(H,19,20)/b6-5+;9-5+. The van der Waals surface area contributed by atoms with Gasteiger partial charge in [-0.05, 0) is 120 Å². The molecule has 9 heteroatoms. The number of hydrogen-bond acceptors (Lipinski definition) is 6. The molecule has 2 amide bonds. The lowest BCUT2D eigenvalue weighted by atomic mass is 10.0. The maximum Gasteiger partial charge on any atom is 0.408 e. The van der Waals surface area contributed by atoms with Crippen molar-refractivity contribution in [3.63, 3.8) is 0 Å². The molecule has 0 saturated carbocycles. The van der Waals surface area contributed by atoms with Gasteiger partial charge < -0.3 is 25.2 Å². The third-order valence-corrected chi connectivity index (χ3v) is 6.80. The topological polar surface area (TPSA) is 131 Å². The number of carbonyl (C=O) groups is 4. The van der Waals surface area contributed by atoms with Gasteiger partial charge in [0.1, 0.15) is 11.2 Å². The average molecular weight is 605 g/mol. The molecule has 4 rings (SSSR count). The number of ketones is 1. The molecule has 2 atom stereocenters. The van der Waals surface area contributed by atoms with Crippen molar-refractivity contribution in [2.24, 2.45) is 0 Å². The second kappa shape index (κ2) is 14.4. The zero-order valence-electron chi connectivity index (χ0n) is 26.7. The first-order valence-electron chi connectivity index (χ1n) is 14.8. The number of fused-ring (bicyclic) bond motifs is 2. The molecular weight excluding hydrogens is 560 g/mol. The molecule has 2 aromatic carbocycles. The lowest BCUT2D eigenvalue weighted by Crippen LogP contribution is -2.34. The lowest BCUT2D eigenvalue weighted by Gasteiger charge is -2.22. The zero-order chi connectivity index (χ0) is 32.7. The Labute approximate surface area is 259 Å². The predicted octanol–water partition coefficient (Wildman–Crippen LogP) is 7.10. The summed E-state index contributed by atoms with van der Waals surface area (Å²) in [5, 5.41) is 14.5. The number of rotatable bonds is 6. The highest BCUT2D eigenvalue weighted by atomic mass is 16.6. The number of hydrogen-bond donors (Lipinski definition) is 3. The lowest BCUT2D eigenvalue weighted by molar-refractivity contribution is -0.131. The monoisotopic (exact) mass is 604 g/mol. The molecule has 0 saturated heterocycles. The molecule has 0 aromatic heterocycles. The van der Waals surface area contributed by atoms with Crippen molar-refractivity contribution in [3.8, 4) is 0 Å². The second-order valence-corrected chi connectivity index (χ2v) is 13.0. The van der Waals surface area contributed by atoms with E-state index in [0.717, 1.165) is 59.6 Å². The van der Waals surface area contributed by atoms with Crippen LogP contribution in [-0.4, -0.2) is 40.2 Å². The minimum atomic E-state index is -0.968. The third kappa shape index (κ3) is 11.0. The number of aliphatic carboxylic acids is 1. The van der Waals surface area contributed by atoms with Crippen LogP contribution in [0.25, 0.3) is 12.2 Å². The molecular formula is C35H44N2O7. The Balaban J connectivity index is 0.000000240. The Morgan fingerprint density at radius 2 is 1.14 bits per heavy atom.